The number of benzene rings is 1. The fourth-order valence-electron chi connectivity index (χ4n) is 3.83. The summed E-state index contributed by atoms with van der Waals surface area (Å²) in [6.45, 7) is 2.62. The number of nitrogens with zero attached hydrogens (tertiary/aromatic N) is 3. The minimum atomic E-state index is -1.03. The maximum Gasteiger partial charge on any atom is 0.335 e. The van der Waals surface area contributed by atoms with Crippen LogP contribution in [-0.2, 0) is 29.0 Å². The van der Waals surface area contributed by atoms with Crippen molar-refractivity contribution >= 4 is 24.8 Å². The van der Waals surface area contributed by atoms with E-state index in [2.05, 4.69) is 4.98 Å². The van der Waals surface area contributed by atoms with Crippen LogP contribution in [0.4, 0.5) is 4.39 Å². The van der Waals surface area contributed by atoms with Gasteiger partial charge in [0.15, 0.2) is 6.04 Å². The number of esters is 1. The van der Waals surface area contributed by atoms with Gasteiger partial charge in [-0.15, -0.1) is 0 Å². The Kier molecular flexibility index (Phi) is 4.47. The molecule has 1 radical (unpaired) electrons. The van der Waals surface area contributed by atoms with Gasteiger partial charge in [-0.05, 0) is 25.8 Å². The second kappa shape index (κ2) is 6.81. The molecule has 0 aliphatic carbocycles. The highest BCUT2D eigenvalue weighted by Gasteiger charge is 2.42. The fourth-order valence-corrected chi connectivity index (χ4v) is 3.83. The van der Waals surface area contributed by atoms with Crippen molar-refractivity contribution in [3.05, 3.63) is 46.8 Å². The highest BCUT2D eigenvalue weighted by molar-refractivity contribution is 6.45. The summed E-state index contributed by atoms with van der Waals surface area (Å²) in [5.41, 5.74) is 1.93. The minimum Gasteiger partial charge on any atom is -0.464 e. The van der Waals surface area contributed by atoms with Crippen molar-refractivity contribution in [2.45, 2.75) is 38.9 Å². The quantitative estimate of drug-likeness (QED) is 0.611. The lowest BCUT2D eigenvalue weighted by Crippen LogP contribution is -2.36. The van der Waals surface area contributed by atoms with Gasteiger partial charge < -0.3 is 19.2 Å². The van der Waals surface area contributed by atoms with Crippen LogP contribution in [0.3, 0.4) is 0 Å². The molecule has 27 heavy (non-hydrogen) atoms. The number of amides is 1. The first kappa shape index (κ1) is 17.7. The summed E-state index contributed by atoms with van der Waals surface area (Å²) in [4.78, 5) is 31.4. The van der Waals surface area contributed by atoms with E-state index in [0.29, 0.717) is 5.69 Å². The molecule has 0 saturated carbocycles. The molecule has 1 unspecified atom stereocenters. The molecule has 139 valence electrons. The zero-order chi connectivity index (χ0) is 19.1. The van der Waals surface area contributed by atoms with Crippen LogP contribution in [0.2, 0.25) is 0 Å². The summed E-state index contributed by atoms with van der Waals surface area (Å²) in [5.74, 6) is -1.66. The van der Waals surface area contributed by atoms with E-state index in [1.165, 1.54) is 11.0 Å². The van der Waals surface area contributed by atoms with Crippen LogP contribution in [0.1, 0.15) is 46.7 Å². The number of carbonyl (C=O) groups excluding carboxylic acids is 2. The largest absolute Gasteiger partial charge is 0.464 e. The molecular formula is C18H18BFN3O4. The number of aromatic nitrogens is 2. The van der Waals surface area contributed by atoms with Crippen molar-refractivity contribution in [3.8, 4) is 0 Å². The van der Waals surface area contributed by atoms with E-state index >= 15 is 0 Å². The van der Waals surface area contributed by atoms with Gasteiger partial charge in [-0.3, -0.25) is 4.79 Å². The average Bonchev–Trinajstić information content (AvgIpc) is 3.33. The Bertz CT molecular complexity index is 930. The highest BCUT2D eigenvalue weighted by Crippen LogP contribution is 2.35. The molecular weight excluding hydrogens is 352 g/mol. The SMILES string of the molecule is CCOC(=O)C(c1ncn2c1CCC2)N1Cc2c(F)cc([B]O)cc2C1=O. The number of aryl methyl sites for hydroxylation is 1. The lowest BCUT2D eigenvalue weighted by atomic mass is 9.86. The van der Waals surface area contributed by atoms with Crippen LogP contribution in [0.25, 0.3) is 0 Å². The second-order valence-electron chi connectivity index (χ2n) is 6.62. The fraction of sp³-hybridized carbons (Fsp3) is 0.389. The topological polar surface area (TPSA) is 84.7 Å². The first-order valence-electron chi connectivity index (χ1n) is 8.86. The number of hydrogen-bond donors (Lipinski definition) is 1. The van der Waals surface area contributed by atoms with Crippen LogP contribution in [0, 0.1) is 5.82 Å². The normalized spacial score (nSPS) is 16.3. The Balaban J connectivity index is 1.76. The zero-order valence-electron chi connectivity index (χ0n) is 14.8. The molecule has 7 nitrogen and oxygen atoms in total. The van der Waals surface area contributed by atoms with Crippen LogP contribution < -0.4 is 5.46 Å². The van der Waals surface area contributed by atoms with Gasteiger partial charge >= 0.3 is 13.5 Å². The molecule has 2 aliphatic rings. The predicted octanol–water partition coefficient (Wildman–Crippen LogP) is 0.465. The van der Waals surface area contributed by atoms with E-state index in [0.717, 1.165) is 38.6 Å². The molecule has 0 fully saturated rings. The lowest BCUT2D eigenvalue weighted by molar-refractivity contribution is -0.149. The monoisotopic (exact) mass is 370 g/mol. The van der Waals surface area contributed by atoms with Crippen LogP contribution in [-0.4, -0.2) is 45.4 Å². The van der Waals surface area contributed by atoms with Crippen molar-refractivity contribution in [1.29, 1.82) is 0 Å². The summed E-state index contributed by atoms with van der Waals surface area (Å²) in [5, 5.41) is 9.17. The second-order valence-corrected chi connectivity index (χ2v) is 6.62. The van der Waals surface area contributed by atoms with Crippen LogP contribution >= 0.6 is 0 Å². The molecule has 1 aromatic carbocycles. The number of carbonyl (C=O) groups is 2. The first-order valence-corrected chi connectivity index (χ1v) is 8.86. The molecule has 1 amide bonds. The van der Waals surface area contributed by atoms with Gasteiger partial charge in [-0.1, -0.05) is 11.5 Å². The molecule has 0 saturated heterocycles. The molecule has 0 bridgehead atoms. The summed E-state index contributed by atoms with van der Waals surface area (Å²) >= 11 is 0. The molecule has 9 heteroatoms. The summed E-state index contributed by atoms with van der Waals surface area (Å²) < 4.78 is 21.6. The zero-order valence-corrected chi connectivity index (χ0v) is 14.8. The number of ether oxygens (including phenoxy) is 1. The van der Waals surface area contributed by atoms with E-state index < -0.39 is 23.7 Å². The van der Waals surface area contributed by atoms with Gasteiger partial charge in [0, 0.05) is 23.4 Å². The van der Waals surface area contributed by atoms with Crippen molar-refractivity contribution in [3.63, 3.8) is 0 Å². The van der Waals surface area contributed by atoms with Crippen LogP contribution in [0.15, 0.2) is 18.5 Å². The Labute approximate surface area is 156 Å². The number of hydrogen-bond acceptors (Lipinski definition) is 5. The van der Waals surface area contributed by atoms with E-state index in [-0.39, 0.29) is 29.7 Å². The maximum absolute atomic E-state index is 14.4. The Morgan fingerprint density at radius 2 is 2.30 bits per heavy atom. The number of halogens is 1. The van der Waals surface area contributed by atoms with Crippen LogP contribution in [0.5, 0.6) is 0 Å². The Morgan fingerprint density at radius 3 is 3.04 bits per heavy atom. The number of fused-ring (bicyclic) bond motifs is 2. The molecule has 3 heterocycles. The van der Waals surface area contributed by atoms with Gasteiger partial charge in [-0.2, -0.15) is 0 Å². The van der Waals surface area contributed by atoms with Crippen molar-refractivity contribution in [2.75, 3.05) is 6.61 Å². The third-order valence-electron chi connectivity index (χ3n) is 5.06. The van der Waals surface area contributed by atoms with Crippen molar-refractivity contribution < 1.29 is 23.7 Å². The van der Waals surface area contributed by atoms with Gasteiger partial charge in [0.25, 0.3) is 5.91 Å². The van der Waals surface area contributed by atoms with E-state index in [9.17, 15) is 14.0 Å². The maximum atomic E-state index is 14.4. The van der Waals surface area contributed by atoms with E-state index in [4.69, 9.17) is 9.76 Å². The van der Waals surface area contributed by atoms with Crippen molar-refractivity contribution in [1.82, 2.24) is 14.5 Å². The summed E-state index contributed by atoms with van der Waals surface area (Å²) in [6.07, 6.45) is 3.37. The third-order valence-corrected chi connectivity index (χ3v) is 5.06. The molecule has 4 rings (SSSR count). The third kappa shape index (κ3) is 2.82. The molecule has 1 atom stereocenters. The Hall–Kier alpha value is -2.68. The summed E-state index contributed by atoms with van der Waals surface area (Å²) in [7, 11) is 0.740. The minimum absolute atomic E-state index is 0.0541. The highest BCUT2D eigenvalue weighted by atomic mass is 19.1. The smallest absolute Gasteiger partial charge is 0.335 e. The van der Waals surface area contributed by atoms with Crippen molar-refractivity contribution in [2.24, 2.45) is 0 Å². The Morgan fingerprint density at radius 1 is 1.48 bits per heavy atom. The van der Waals surface area contributed by atoms with Gasteiger partial charge in [-0.25, -0.2) is 14.2 Å². The number of rotatable bonds is 5. The van der Waals surface area contributed by atoms with E-state index in [1.54, 1.807) is 13.3 Å². The predicted molar refractivity (Wildman–Crippen MR) is 93.8 cm³/mol. The average molecular weight is 370 g/mol. The molecule has 2 aliphatic heterocycles. The van der Waals surface area contributed by atoms with Gasteiger partial charge in [0.1, 0.15) is 5.82 Å². The molecule has 1 aromatic heterocycles. The molecule has 1 N–H and O–H groups in total. The lowest BCUT2D eigenvalue weighted by Gasteiger charge is -2.25. The molecule has 2 aromatic rings. The standard InChI is InChI=1S/C18H18BFN3O4/c1-2-27-18(25)16(15-14-4-3-5-22(14)9-21-15)23-8-12-11(17(23)24)6-10(19-26)7-13(12)20/h6-7,9,16,26H,2-5,8H2,1H3. The van der Waals surface area contributed by atoms with E-state index in [1.807, 2.05) is 4.57 Å². The first-order chi connectivity index (χ1) is 13.0. The molecule has 0 spiro atoms. The van der Waals surface area contributed by atoms with Gasteiger partial charge in [0.2, 0.25) is 0 Å². The van der Waals surface area contributed by atoms with Gasteiger partial charge in [0.05, 0.1) is 25.2 Å². The summed E-state index contributed by atoms with van der Waals surface area (Å²) in [6, 6.07) is 1.55. The number of imidazole rings is 1.